The summed E-state index contributed by atoms with van der Waals surface area (Å²) in [6, 6.07) is 0. The second-order valence-electron chi connectivity index (χ2n) is 13.6. The summed E-state index contributed by atoms with van der Waals surface area (Å²) in [7, 11) is -4.52. The van der Waals surface area contributed by atoms with Crippen molar-refractivity contribution in [2.24, 2.45) is 0 Å². The van der Waals surface area contributed by atoms with Crippen molar-refractivity contribution in [1.29, 1.82) is 0 Å². The maximum absolute atomic E-state index is 12.6. The van der Waals surface area contributed by atoms with Gasteiger partial charge in [-0.1, -0.05) is 159 Å². The van der Waals surface area contributed by atoms with Gasteiger partial charge in [0.15, 0.2) is 0 Å². The molecule has 0 saturated heterocycles. The first-order chi connectivity index (χ1) is 25.3. The number of phosphoric ester groups is 1. The van der Waals surface area contributed by atoms with E-state index in [0.717, 1.165) is 83.5 Å². The average molecular weight is 757 g/mol. The van der Waals surface area contributed by atoms with Crippen molar-refractivity contribution in [3.8, 4) is 0 Å². The topological polar surface area (TPSA) is 132 Å². The van der Waals surface area contributed by atoms with Crippen LogP contribution in [0.5, 0.6) is 0 Å². The van der Waals surface area contributed by atoms with Gasteiger partial charge in [-0.05, 0) is 51.4 Å². The number of unbranched alkanes of at least 4 members (excludes halogenated alkanes) is 17. The number of carbonyl (C=O) groups is 1. The van der Waals surface area contributed by atoms with E-state index in [1.807, 2.05) is 0 Å². The van der Waals surface area contributed by atoms with E-state index in [1.54, 1.807) is 0 Å². The molecule has 3 N–H and O–H groups in total. The third kappa shape index (κ3) is 38.2. The number of rotatable bonds is 39. The molecule has 0 heterocycles. The number of allylic oxidation sites excluding steroid dienone is 8. The zero-order valence-electron chi connectivity index (χ0n) is 33.0. The summed E-state index contributed by atoms with van der Waals surface area (Å²) < 4.78 is 33.3. The Balaban J connectivity index is 4.21. The molecule has 0 amide bonds. The van der Waals surface area contributed by atoms with Gasteiger partial charge in [0.1, 0.15) is 12.2 Å². The molecule has 3 unspecified atom stereocenters. The van der Waals surface area contributed by atoms with Gasteiger partial charge in [0, 0.05) is 13.0 Å². The first-order valence-electron chi connectivity index (χ1n) is 20.6. The van der Waals surface area contributed by atoms with E-state index >= 15 is 0 Å². The molecule has 0 radical (unpaired) electrons. The molecular weight excluding hydrogens is 679 g/mol. The molecule has 0 aliphatic rings. The van der Waals surface area contributed by atoms with Crippen LogP contribution < -0.4 is 0 Å². The number of hydrogen-bond donors (Lipinski definition) is 3. The molecule has 0 saturated carbocycles. The lowest BCUT2D eigenvalue weighted by Crippen LogP contribution is -2.29. The zero-order chi connectivity index (χ0) is 38.2. The number of hydrogen-bond acceptors (Lipinski definition) is 8. The Kier molecular flexibility index (Phi) is 37.9. The molecule has 9 nitrogen and oxygen atoms in total. The van der Waals surface area contributed by atoms with Crippen LogP contribution in [0, 0.1) is 0 Å². The fourth-order valence-electron chi connectivity index (χ4n) is 5.40. The Hall–Kier alpha value is -1.58. The zero-order valence-corrected chi connectivity index (χ0v) is 33.9. The number of esters is 1. The molecule has 3 atom stereocenters. The highest BCUT2D eigenvalue weighted by Crippen LogP contribution is 2.43. The highest BCUT2D eigenvalue weighted by molar-refractivity contribution is 7.47. The highest BCUT2D eigenvalue weighted by Gasteiger charge is 2.26. The van der Waals surface area contributed by atoms with Crippen LogP contribution in [0.25, 0.3) is 0 Å². The highest BCUT2D eigenvalue weighted by atomic mass is 31.2. The van der Waals surface area contributed by atoms with Gasteiger partial charge in [-0.15, -0.1) is 0 Å². The average Bonchev–Trinajstić information content (AvgIpc) is 3.13. The molecule has 52 heavy (non-hydrogen) atoms. The molecule has 304 valence electrons. The standard InChI is InChI=1S/C42H77O9P/c1-3-5-7-9-11-13-15-17-18-19-20-21-22-23-24-26-28-30-32-34-42(45)51-41(39-50-52(46,47)49-37-40(44)36-43)38-48-35-33-31-29-27-25-16-14-12-10-8-6-4-2/h5,7,11,13,17-18,20-21,40-41,43-44H,3-4,6,8-10,12,14-16,19,22-39H2,1-2H3,(H,46,47)/b7-5-,13-11-,18-17-,21-20-. The van der Waals surface area contributed by atoms with E-state index in [2.05, 4.69) is 62.5 Å². The summed E-state index contributed by atoms with van der Waals surface area (Å²) in [6.45, 7) is 3.38. The molecule has 0 aliphatic carbocycles. The van der Waals surface area contributed by atoms with E-state index < -0.39 is 39.2 Å². The normalized spacial score (nSPS) is 14.6. The van der Waals surface area contributed by atoms with E-state index in [-0.39, 0.29) is 19.6 Å². The van der Waals surface area contributed by atoms with Gasteiger partial charge in [0.25, 0.3) is 0 Å². The predicted octanol–water partition coefficient (Wildman–Crippen LogP) is 11.0. The number of aliphatic hydroxyl groups excluding tert-OH is 2. The Morgan fingerprint density at radius 2 is 1.10 bits per heavy atom. The summed E-state index contributed by atoms with van der Waals surface area (Å²) in [5.74, 6) is -0.397. The fourth-order valence-corrected chi connectivity index (χ4v) is 6.19. The monoisotopic (exact) mass is 757 g/mol. The SMILES string of the molecule is CC/C=C\C/C=C\C/C=C\C/C=C\CCCCCCCCC(=O)OC(COCCCCCCCCCCCCCC)COP(=O)(O)OCC(O)CO. The molecule has 0 aromatic rings. The summed E-state index contributed by atoms with van der Waals surface area (Å²) in [6.07, 6.45) is 42.0. The van der Waals surface area contributed by atoms with Gasteiger partial charge < -0.3 is 24.6 Å². The van der Waals surface area contributed by atoms with Crippen LogP contribution in [0.3, 0.4) is 0 Å². The number of ether oxygens (including phenoxy) is 2. The van der Waals surface area contributed by atoms with E-state index in [4.69, 9.17) is 23.6 Å². The van der Waals surface area contributed by atoms with Crippen molar-refractivity contribution < 1.29 is 43.0 Å². The predicted molar refractivity (Wildman–Crippen MR) is 214 cm³/mol. The first kappa shape index (κ1) is 50.4. The lowest BCUT2D eigenvalue weighted by Gasteiger charge is -2.20. The molecule has 0 rings (SSSR count). The smallest absolute Gasteiger partial charge is 0.457 e. The lowest BCUT2D eigenvalue weighted by molar-refractivity contribution is -0.154. The quantitative estimate of drug-likeness (QED) is 0.0243. The minimum atomic E-state index is -4.52. The molecule has 0 bridgehead atoms. The Bertz CT molecular complexity index is 950. The molecule has 0 fully saturated rings. The van der Waals surface area contributed by atoms with Crippen molar-refractivity contribution in [2.75, 3.05) is 33.0 Å². The second kappa shape index (κ2) is 39.1. The van der Waals surface area contributed by atoms with Crippen LogP contribution in [-0.2, 0) is 27.9 Å². The van der Waals surface area contributed by atoms with Crippen molar-refractivity contribution in [1.82, 2.24) is 0 Å². The maximum atomic E-state index is 12.6. The third-order valence-corrected chi connectivity index (χ3v) is 9.48. The second-order valence-corrected chi connectivity index (χ2v) is 15.1. The Morgan fingerprint density at radius 1 is 0.615 bits per heavy atom. The number of carbonyl (C=O) groups excluding carboxylic acids is 1. The third-order valence-electron chi connectivity index (χ3n) is 8.53. The minimum Gasteiger partial charge on any atom is -0.457 e. The largest absolute Gasteiger partial charge is 0.472 e. The summed E-state index contributed by atoms with van der Waals surface area (Å²) in [5.41, 5.74) is 0. The van der Waals surface area contributed by atoms with E-state index in [9.17, 15) is 19.4 Å². The Labute approximate surface area is 317 Å². The number of phosphoric acid groups is 1. The van der Waals surface area contributed by atoms with Crippen LogP contribution in [0.4, 0.5) is 0 Å². The van der Waals surface area contributed by atoms with Crippen molar-refractivity contribution in [2.45, 2.75) is 180 Å². The minimum absolute atomic E-state index is 0.0440. The fraction of sp³-hybridized carbons (Fsp3) is 0.786. The van der Waals surface area contributed by atoms with Gasteiger partial charge in [-0.3, -0.25) is 13.8 Å². The lowest BCUT2D eigenvalue weighted by atomic mass is 10.1. The summed E-state index contributed by atoms with van der Waals surface area (Å²) in [4.78, 5) is 22.5. The van der Waals surface area contributed by atoms with Gasteiger partial charge in [0.2, 0.25) is 0 Å². The van der Waals surface area contributed by atoms with Crippen molar-refractivity contribution in [3.63, 3.8) is 0 Å². The molecule has 0 aromatic carbocycles. The van der Waals surface area contributed by atoms with E-state index in [1.165, 1.54) is 57.8 Å². The van der Waals surface area contributed by atoms with Crippen LogP contribution in [0.1, 0.15) is 168 Å². The van der Waals surface area contributed by atoms with Crippen molar-refractivity contribution in [3.05, 3.63) is 48.6 Å². The van der Waals surface area contributed by atoms with Gasteiger partial charge >= 0.3 is 13.8 Å². The summed E-state index contributed by atoms with van der Waals surface area (Å²) in [5, 5.41) is 18.3. The summed E-state index contributed by atoms with van der Waals surface area (Å²) >= 11 is 0. The van der Waals surface area contributed by atoms with Gasteiger partial charge in [-0.25, -0.2) is 4.57 Å². The molecule has 0 aliphatic heterocycles. The van der Waals surface area contributed by atoms with Crippen LogP contribution >= 0.6 is 7.82 Å². The van der Waals surface area contributed by atoms with Crippen LogP contribution in [-0.4, -0.2) is 66.3 Å². The first-order valence-corrected chi connectivity index (χ1v) is 22.1. The molecule has 0 spiro atoms. The Morgan fingerprint density at radius 3 is 1.65 bits per heavy atom. The van der Waals surface area contributed by atoms with E-state index in [0.29, 0.717) is 13.0 Å². The molecule has 10 heteroatoms. The molecule has 0 aromatic heterocycles. The van der Waals surface area contributed by atoms with Crippen LogP contribution in [0.15, 0.2) is 48.6 Å². The van der Waals surface area contributed by atoms with Crippen molar-refractivity contribution >= 4 is 13.8 Å². The van der Waals surface area contributed by atoms with Gasteiger partial charge in [0.05, 0.1) is 26.4 Å². The van der Waals surface area contributed by atoms with Crippen LogP contribution in [0.2, 0.25) is 0 Å². The maximum Gasteiger partial charge on any atom is 0.472 e. The molecular formula is C42H77O9P. The van der Waals surface area contributed by atoms with Gasteiger partial charge in [-0.2, -0.15) is 0 Å². The number of aliphatic hydroxyl groups is 2.